The van der Waals surface area contributed by atoms with Crippen molar-refractivity contribution in [2.75, 3.05) is 0 Å². The van der Waals surface area contributed by atoms with Crippen molar-refractivity contribution in [1.82, 2.24) is 0 Å². The van der Waals surface area contributed by atoms with E-state index in [4.69, 9.17) is 9.47 Å². The Hall–Kier alpha value is -4.42. The highest BCUT2D eigenvalue weighted by atomic mass is 33.1. The second-order valence-corrected chi connectivity index (χ2v) is 15.7. The summed E-state index contributed by atoms with van der Waals surface area (Å²) >= 11 is 0. The summed E-state index contributed by atoms with van der Waals surface area (Å²) in [6.07, 6.45) is 0. The number of carbonyl (C=O) groups is 2. The number of esters is 2. The Balaban J connectivity index is 1.83. The number of rotatable bonds is 7. The van der Waals surface area contributed by atoms with Crippen molar-refractivity contribution in [2.24, 2.45) is 5.92 Å². The highest BCUT2D eigenvalue weighted by Gasteiger charge is 2.47. The molecule has 1 aliphatic carbocycles. The maximum Gasteiger partial charge on any atom is 0.347 e. The van der Waals surface area contributed by atoms with Crippen molar-refractivity contribution < 1.29 is 49.7 Å². The van der Waals surface area contributed by atoms with E-state index in [1.54, 1.807) is 76.2 Å². The number of carbonyl (C=O) groups excluding carboxylic acids is 2. The van der Waals surface area contributed by atoms with Crippen molar-refractivity contribution >= 4 is 33.5 Å². The summed E-state index contributed by atoms with van der Waals surface area (Å²) in [6.45, 7) is 21.5. The van der Waals surface area contributed by atoms with Crippen LogP contribution in [-0.2, 0) is 4.74 Å². The minimum Gasteiger partial charge on any atom is -0.512 e. The SMILES string of the molecule is CC1=C(O)C(C)C(C)(OC(=O)c2c(C)c(C)c(O)c(C)c2O)C(SSc2c(C)c(C)c(O)c(C)c2OC(=O)c2c(C)c(C)c(O)c(C)c2O)=C1C. The molecule has 0 aliphatic heterocycles. The summed E-state index contributed by atoms with van der Waals surface area (Å²) in [5.41, 5.74) is 2.85. The van der Waals surface area contributed by atoms with E-state index in [1.165, 1.54) is 35.4 Å². The lowest BCUT2D eigenvalue weighted by Gasteiger charge is -2.41. The predicted molar refractivity (Wildman–Crippen MR) is 200 cm³/mol. The van der Waals surface area contributed by atoms with Gasteiger partial charge in [0.25, 0.3) is 0 Å². The van der Waals surface area contributed by atoms with Crippen molar-refractivity contribution in [2.45, 2.75) is 101 Å². The van der Waals surface area contributed by atoms with Gasteiger partial charge >= 0.3 is 11.9 Å². The van der Waals surface area contributed by atoms with Crippen LogP contribution < -0.4 is 4.74 Å². The molecule has 3 aromatic carbocycles. The first kappa shape index (κ1) is 39.4. The highest BCUT2D eigenvalue weighted by molar-refractivity contribution is 8.78. The number of phenolic OH excluding ortho intramolecular Hbond substituents is 5. The molecule has 0 aromatic heterocycles. The number of phenols is 5. The van der Waals surface area contributed by atoms with Crippen molar-refractivity contribution in [3.63, 3.8) is 0 Å². The van der Waals surface area contributed by atoms with Gasteiger partial charge in [-0.25, -0.2) is 9.59 Å². The molecule has 2 atom stereocenters. The molecule has 51 heavy (non-hydrogen) atoms. The standard InChI is InChI=1S/C39H46O10S2/c1-14-16(3)28(40)22(9)32(44)26(14)37(46)48-34-24(11)30(42)18(5)20(7)35(34)50-51-36-21(8)19(6)31(43)25(12)39(36,13)49-38(47)27-15(2)17(4)29(41)23(10)33(27)45/h25,40-45H,1-13H3. The van der Waals surface area contributed by atoms with Crippen molar-refractivity contribution in [1.29, 1.82) is 0 Å². The average molecular weight is 739 g/mol. The van der Waals surface area contributed by atoms with Crippen LogP contribution in [0.5, 0.6) is 34.5 Å². The molecule has 2 unspecified atom stereocenters. The normalized spacial score (nSPS) is 17.6. The third-order valence-corrected chi connectivity index (χ3v) is 13.6. The number of allylic oxidation sites excluding steroid dienone is 2. The number of hydrogen-bond acceptors (Lipinski definition) is 12. The topological polar surface area (TPSA) is 174 Å². The van der Waals surface area contributed by atoms with Gasteiger partial charge in [-0.2, -0.15) is 0 Å². The fourth-order valence-corrected chi connectivity index (χ4v) is 9.67. The Kier molecular flexibility index (Phi) is 10.8. The van der Waals surface area contributed by atoms with Crippen molar-refractivity contribution in [3.05, 3.63) is 83.0 Å². The molecule has 274 valence electrons. The fourth-order valence-electron chi connectivity index (χ4n) is 6.31. The highest BCUT2D eigenvalue weighted by Crippen LogP contribution is 2.56. The Morgan fingerprint density at radius 2 is 0.980 bits per heavy atom. The Bertz CT molecular complexity index is 2030. The maximum atomic E-state index is 13.9. The van der Waals surface area contributed by atoms with Gasteiger partial charge in [-0.3, -0.25) is 0 Å². The van der Waals surface area contributed by atoms with E-state index >= 15 is 0 Å². The van der Waals surface area contributed by atoms with Crippen LogP contribution in [0.2, 0.25) is 0 Å². The molecule has 0 saturated heterocycles. The minimum absolute atomic E-state index is 0.0351. The minimum atomic E-state index is -1.45. The Morgan fingerprint density at radius 3 is 1.47 bits per heavy atom. The second kappa shape index (κ2) is 14.0. The quantitative estimate of drug-likeness (QED) is 0.0771. The van der Waals surface area contributed by atoms with Crippen LogP contribution in [-0.4, -0.2) is 48.2 Å². The van der Waals surface area contributed by atoms with Gasteiger partial charge in [0.15, 0.2) is 11.4 Å². The zero-order chi connectivity index (χ0) is 38.8. The van der Waals surface area contributed by atoms with E-state index < -0.39 is 35.0 Å². The van der Waals surface area contributed by atoms with E-state index in [0.717, 1.165) is 0 Å². The first-order valence-corrected chi connectivity index (χ1v) is 18.4. The lowest BCUT2D eigenvalue weighted by atomic mass is 9.79. The molecule has 0 heterocycles. The molecule has 12 heteroatoms. The van der Waals surface area contributed by atoms with Crippen molar-refractivity contribution in [3.8, 4) is 34.5 Å². The van der Waals surface area contributed by atoms with Gasteiger partial charge < -0.3 is 40.1 Å². The third-order valence-electron chi connectivity index (χ3n) is 10.7. The van der Waals surface area contributed by atoms with E-state index in [-0.39, 0.29) is 56.6 Å². The molecular weight excluding hydrogens is 693 g/mol. The first-order valence-electron chi connectivity index (χ1n) is 16.3. The number of hydrogen-bond donors (Lipinski definition) is 6. The van der Waals surface area contributed by atoms with E-state index in [0.29, 0.717) is 54.3 Å². The molecule has 3 aromatic rings. The Labute approximate surface area is 306 Å². The molecule has 0 fully saturated rings. The molecule has 10 nitrogen and oxygen atoms in total. The first-order chi connectivity index (χ1) is 23.5. The zero-order valence-electron chi connectivity index (χ0n) is 31.2. The summed E-state index contributed by atoms with van der Waals surface area (Å²) in [6, 6.07) is 0. The molecule has 0 saturated carbocycles. The van der Waals surface area contributed by atoms with Gasteiger partial charge in [0.05, 0.1) is 10.8 Å². The van der Waals surface area contributed by atoms with Gasteiger partial charge in [0, 0.05) is 21.6 Å². The summed E-state index contributed by atoms with van der Waals surface area (Å²) in [7, 11) is 2.44. The lowest BCUT2D eigenvalue weighted by Crippen LogP contribution is -2.43. The van der Waals surface area contributed by atoms with Crippen LogP contribution in [0.1, 0.15) is 98.5 Å². The molecule has 0 bridgehead atoms. The van der Waals surface area contributed by atoms with Crippen LogP contribution in [0, 0.1) is 68.2 Å². The predicted octanol–water partition coefficient (Wildman–Crippen LogP) is 9.32. The summed E-state index contributed by atoms with van der Waals surface area (Å²) < 4.78 is 12.2. The van der Waals surface area contributed by atoms with Crippen LogP contribution in [0.15, 0.2) is 26.7 Å². The third kappa shape index (κ3) is 6.26. The van der Waals surface area contributed by atoms with Gasteiger partial charge in [0.1, 0.15) is 45.6 Å². The number of ether oxygens (including phenoxy) is 2. The zero-order valence-corrected chi connectivity index (χ0v) is 32.8. The van der Waals surface area contributed by atoms with Crippen LogP contribution in [0.4, 0.5) is 0 Å². The number of aliphatic hydroxyl groups is 1. The monoisotopic (exact) mass is 738 g/mol. The van der Waals surface area contributed by atoms with E-state index in [2.05, 4.69) is 0 Å². The van der Waals surface area contributed by atoms with Gasteiger partial charge in [-0.05, 0) is 138 Å². The van der Waals surface area contributed by atoms with Crippen LogP contribution in [0.3, 0.4) is 0 Å². The smallest absolute Gasteiger partial charge is 0.347 e. The maximum absolute atomic E-state index is 13.9. The number of aliphatic hydroxyl groups excluding tert-OH is 1. The summed E-state index contributed by atoms with van der Waals surface area (Å²) in [4.78, 5) is 28.7. The molecular formula is C39H46O10S2. The summed E-state index contributed by atoms with van der Waals surface area (Å²) in [5, 5.41) is 64.9. The molecule has 1 aliphatic rings. The number of benzene rings is 3. The van der Waals surface area contributed by atoms with E-state index in [9.17, 15) is 40.2 Å². The molecule has 4 rings (SSSR count). The average Bonchev–Trinajstić information content (AvgIpc) is 3.08. The molecule has 0 radical (unpaired) electrons. The molecule has 0 amide bonds. The van der Waals surface area contributed by atoms with Gasteiger partial charge in [0.2, 0.25) is 0 Å². The van der Waals surface area contributed by atoms with Crippen LogP contribution >= 0.6 is 21.6 Å². The molecule has 6 N–H and O–H groups in total. The Morgan fingerprint density at radius 1 is 0.549 bits per heavy atom. The fraction of sp³-hybridized carbons (Fsp3) is 0.385. The van der Waals surface area contributed by atoms with E-state index in [1.807, 2.05) is 0 Å². The van der Waals surface area contributed by atoms with Gasteiger partial charge in [-0.1, -0.05) is 17.7 Å². The van der Waals surface area contributed by atoms with Crippen LogP contribution in [0.25, 0.3) is 0 Å². The molecule has 0 spiro atoms. The second-order valence-electron chi connectivity index (χ2n) is 13.5. The largest absolute Gasteiger partial charge is 0.512 e. The lowest BCUT2D eigenvalue weighted by molar-refractivity contribution is -0.0145. The number of aromatic hydroxyl groups is 5. The van der Waals surface area contributed by atoms with Gasteiger partial charge in [-0.15, -0.1) is 0 Å². The summed E-state index contributed by atoms with van der Waals surface area (Å²) in [5.74, 6) is -3.47.